The van der Waals surface area contributed by atoms with Crippen molar-refractivity contribution in [2.24, 2.45) is 0 Å². The van der Waals surface area contributed by atoms with Gasteiger partial charge in [0.1, 0.15) is 5.75 Å². The van der Waals surface area contributed by atoms with E-state index in [1.165, 1.54) is 35.6 Å². The fraction of sp³-hybridized carbons (Fsp3) is 0.0769. The number of benzene rings is 1. The van der Waals surface area contributed by atoms with Crippen molar-refractivity contribution < 1.29 is 19.8 Å². The molecule has 1 unspecified atom stereocenters. The van der Waals surface area contributed by atoms with Gasteiger partial charge in [0.2, 0.25) is 0 Å². The number of hydrogen-bond acceptors (Lipinski definition) is 4. The molecule has 19 heavy (non-hydrogen) atoms. The molecule has 1 aromatic carbocycles. The van der Waals surface area contributed by atoms with Crippen LogP contribution in [0.2, 0.25) is 0 Å². The number of carboxylic acid groups (broad SMARTS) is 1. The minimum absolute atomic E-state index is 0.0457. The molecule has 2 rings (SSSR count). The first-order chi connectivity index (χ1) is 9.08. The lowest BCUT2D eigenvalue weighted by molar-refractivity contribution is -0.139. The molecule has 0 aliphatic heterocycles. The first-order valence-corrected chi connectivity index (χ1v) is 6.32. The van der Waals surface area contributed by atoms with Crippen LogP contribution >= 0.6 is 11.3 Å². The summed E-state index contributed by atoms with van der Waals surface area (Å²) in [5, 5.41) is 22.6. The van der Waals surface area contributed by atoms with Crippen LogP contribution in [0, 0.1) is 0 Å². The minimum atomic E-state index is -1.13. The maximum absolute atomic E-state index is 11.9. The van der Waals surface area contributed by atoms with Gasteiger partial charge in [0, 0.05) is 10.4 Å². The van der Waals surface area contributed by atoms with Crippen molar-refractivity contribution in [1.29, 1.82) is 0 Å². The van der Waals surface area contributed by atoms with E-state index in [-0.39, 0.29) is 11.3 Å². The summed E-state index contributed by atoms with van der Waals surface area (Å²) >= 11 is 1.25. The average molecular weight is 277 g/mol. The number of thiophene rings is 1. The Morgan fingerprint density at radius 1 is 1.21 bits per heavy atom. The second kappa shape index (κ2) is 5.53. The lowest BCUT2D eigenvalue weighted by Gasteiger charge is -2.13. The van der Waals surface area contributed by atoms with Crippen LogP contribution in [0.1, 0.15) is 21.3 Å². The molecule has 1 aromatic heterocycles. The van der Waals surface area contributed by atoms with Gasteiger partial charge in [-0.15, -0.1) is 11.3 Å². The summed E-state index contributed by atoms with van der Waals surface area (Å²) in [7, 11) is 0. The topological polar surface area (TPSA) is 86.6 Å². The van der Waals surface area contributed by atoms with Gasteiger partial charge >= 0.3 is 5.97 Å². The van der Waals surface area contributed by atoms with Crippen LogP contribution in [0.25, 0.3) is 0 Å². The molecule has 1 amide bonds. The number of phenols is 1. The summed E-state index contributed by atoms with van der Waals surface area (Å²) < 4.78 is 0. The summed E-state index contributed by atoms with van der Waals surface area (Å²) in [4.78, 5) is 23.6. The van der Waals surface area contributed by atoms with E-state index < -0.39 is 17.9 Å². The molecule has 3 N–H and O–H groups in total. The molecule has 0 radical (unpaired) electrons. The van der Waals surface area contributed by atoms with Crippen molar-refractivity contribution in [2.45, 2.75) is 6.04 Å². The fourth-order valence-corrected chi connectivity index (χ4v) is 2.34. The Bertz CT molecular complexity index is 594. The second-order valence-corrected chi connectivity index (χ2v) is 4.79. The molecule has 1 atom stereocenters. The minimum Gasteiger partial charge on any atom is -0.508 e. The van der Waals surface area contributed by atoms with E-state index in [1.807, 2.05) is 0 Å². The Hall–Kier alpha value is -2.34. The van der Waals surface area contributed by atoms with Crippen molar-refractivity contribution in [3.63, 3.8) is 0 Å². The maximum Gasteiger partial charge on any atom is 0.331 e. The molecular formula is C13H11NO4S. The van der Waals surface area contributed by atoms with Crippen molar-refractivity contribution in [1.82, 2.24) is 5.32 Å². The van der Waals surface area contributed by atoms with Gasteiger partial charge in [-0.3, -0.25) is 4.79 Å². The highest BCUT2D eigenvalue weighted by Gasteiger charge is 2.23. The Kier molecular flexibility index (Phi) is 3.82. The molecule has 2 aromatic rings. The monoisotopic (exact) mass is 277 g/mol. The number of hydrogen-bond donors (Lipinski definition) is 3. The van der Waals surface area contributed by atoms with Gasteiger partial charge in [-0.1, -0.05) is 12.1 Å². The molecule has 5 nitrogen and oxygen atoms in total. The molecule has 6 heteroatoms. The second-order valence-electron chi connectivity index (χ2n) is 3.81. The lowest BCUT2D eigenvalue weighted by Crippen LogP contribution is -2.33. The molecular weight excluding hydrogens is 266 g/mol. The number of rotatable bonds is 4. The summed E-state index contributed by atoms with van der Waals surface area (Å²) in [5.74, 6) is -1.72. The smallest absolute Gasteiger partial charge is 0.331 e. The number of carbonyl (C=O) groups is 2. The normalized spacial score (nSPS) is 11.8. The predicted octanol–water partition coefficient (Wildman–Crippen LogP) is 2.01. The number of aromatic hydroxyl groups is 1. The van der Waals surface area contributed by atoms with E-state index in [2.05, 4.69) is 5.32 Å². The highest BCUT2D eigenvalue weighted by atomic mass is 32.1. The number of aliphatic carboxylic acids is 1. The maximum atomic E-state index is 11.9. The van der Waals surface area contributed by atoms with E-state index in [0.717, 1.165) is 0 Å². The highest BCUT2D eigenvalue weighted by molar-refractivity contribution is 7.10. The fourth-order valence-electron chi connectivity index (χ4n) is 1.57. The molecule has 0 saturated carbocycles. The Labute approximate surface area is 113 Å². The summed E-state index contributed by atoms with van der Waals surface area (Å²) in [5.41, 5.74) is 0.211. The molecule has 0 bridgehead atoms. The van der Waals surface area contributed by atoms with Gasteiger partial charge in [0.15, 0.2) is 6.04 Å². The van der Waals surface area contributed by atoms with Crippen LogP contribution in [0.5, 0.6) is 5.75 Å². The van der Waals surface area contributed by atoms with Gasteiger partial charge in [-0.05, 0) is 29.6 Å². The lowest BCUT2D eigenvalue weighted by atomic mass is 10.1. The molecule has 0 saturated heterocycles. The van der Waals surface area contributed by atoms with Gasteiger partial charge in [-0.2, -0.15) is 0 Å². The zero-order valence-corrected chi connectivity index (χ0v) is 10.6. The van der Waals surface area contributed by atoms with E-state index in [4.69, 9.17) is 5.11 Å². The number of carboxylic acids is 1. The molecule has 0 aliphatic rings. The zero-order chi connectivity index (χ0) is 13.8. The largest absolute Gasteiger partial charge is 0.508 e. The summed E-state index contributed by atoms with van der Waals surface area (Å²) in [6, 6.07) is 8.01. The Morgan fingerprint density at radius 2 is 2.00 bits per heavy atom. The van der Waals surface area contributed by atoms with Crippen LogP contribution in [0.4, 0.5) is 0 Å². The Morgan fingerprint density at radius 3 is 2.58 bits per heavy atom. The van der Waals surface area contributed by atoms with Crippen molar-refractivity contribution in [3.05, 3.63) is 52.2 Å². The van der Waals surface area contributed by atoms with Crippen LogP contribution in [-0.4, -0.2) is 22.1 Å². The SMILES string of the molecule is O=C(NC(C(=O)O)c1cccs1)c1cccc(O)c1. The number of nitrogens with one attached hydrogen (secondary N) is 1. The van der Waals surface area contributed by atoms with E-state index in [9.17, 15) is 14.7 Å². The summed E-state index contributed by atoms with van der Waals surface area (Å²) in [6.07, 6.45) is 0. The molecule has 0 aliphatic carbocycles. The van der Waals surface area contributed by atoms with Gasteiger partial charge in [0.05, 0.1) is 0 Å². The van der Waals surface area contributed by atoms with Gasteiger partial charge < -0.3 is 15.5 Å². The van der Waals surface area contributed by atoms with Crippen molar-refractivity contribution in [2.75, 3.05) is 0 Å². The zero-order valence-electron chi connectivity index (χ0n) is 9.74. The number of amides is 1. The van der Waals surface area contributed by atoms with Crippen molar-refractivity contribution in [3.8, 4) is 5.75 Å². The van der Waals surface area contributed by atoms with Crippen LogP contribution in [0.15, 0.2) is 41.8 Å². The third-order valence-electron chi connectivity index (χ3n) is 2.46. The Balaban J connectivity index is 2.19. The average Bonchev–Trinajstić information content (AvgIpc) is 2.88. The quantitative estimate of drug-likeness (QED) is 0.798. The number of phenolic OH excluding ortho intramolecular Hbond substituents is 1. The first kappa shape index (κ1) is 13.1. The van der Waals surface area contributed by atoms with Gasteiger partial charge in [0.25, 0.3) is 5.91 Å². The van der Waals surface area contributed by atoms with E-state index >= 15 is 0 Å². The van der Waals surface area contributed by atoms with Crippen LogP contribution in [-0.2, 0) is 4.79 Å². The third kappa shape index (κ3) is 3.11. The molecule has 0 spiro atoms. The predicted molar refractivity (Wildman–Crippen MR) is 70.3 cm³/mol. The van der Waals surface area contributed by atoms with E-state index in [0.29, 0.717) is 4.88 Å². The van der Waals surface area contributed by atoms with Crippen LogP contribution in [0.3, 0.4) is 0 Å². The number of carbonyl (C=O) groups excluding carboxylic acids is 1. The molecule has 0 fully saturated rings. The first-order valence-electron chi connectivity index (χ1n) is 5.44. The van der Waals surface area contributed by atoms with Crippen molar-refractivity contribution >= 4 is 23.2 Å². The highest BCUT2D eigenvalue weighted by Crippen LogP contribution is 2.20. The molecule has 98 valence electrons. The third-order valence-corrected chi connectivity index (χ3v) is 3.40. The summed E-state index contributed by atoms with van der Waals surface area (Å²) in [6.45, 7) is 0. The van der Waals surface area contributed by atoms with Crippen LogP contribution < -0.4 is 5.32 Å². The van der Waals surface area contributed by atoms with E-state index in [1.54, 1.807) is 17.5 Å². The molecule has 1 heterocycles. The standard InChI is InChI=1S/C13H11NO4S/c15-9-4-1-3-8(7-9)12(16)14-11(13(17)18)10-5-2-6-19-10/h1-7,11,15H,(H,14,16)(H,17,18). The van der Waals surface area contributed by atoms with Gasteiger partial charge in [-0.25, -0.2) is 4.79 Å².